The zero-order valence-electron chi connectivity index (χ0n) is 14.9. The van der Waals surface area contributed by atoms with E-state index in [0.29, 0.717) is 38.3 Å². The number of imidazole rings is 1. The van der Waals surface area contributed by atoms with Crippen molar-refractivity contribution in [2.75, 3.05) is 13.2 Å². The van der Waals surface area contributed by atoms with Gasteiger partial charge in [0.25, 0.3) is 0 Å². The summed E-state index contributed by atoms with van der Waals surface area (Å²) in [6.45, 7) is 3.61. The maximum Gasteiger partial charge on any atom is 0.222 e. The van der Waals surface area contributed by atoms with Gasteiger partial charge in [0.1, 0.15) is 23.5 Å². The van der Waals surface area contributed by atoms with E-state index in [2.05, 4.69) is 10.3 Å². The van der Waals surface area contributed by atoms with Gasteiger partial charge in [0, 0.05) is 38.2 Å². The number of hydrogen-bond acceptors (Lipinski definition) is 4. The third kappa shape index (κ3) is 4.82. The number of nitrogens with one attached hydrogen (secondary N) is 1. The van der Waals surface area contributed by atoms with Crippen LogP contribution in [-0.4, -0.2) is 40.8 Å². The highest BCUT2D eigenvalue weighted by molar-refractivity contribution is 5.76. The van der Waals surface area contributed by atoms with Gasteiger partial charge >= 0.3 is 0 Å². The number of carbonyl (C=O) groups excluding carboxylic acids is 1. The van der Waals surface area contributed by atoms with Gasteiger partial charge in [-0.15, -0.1) is 0 Å². The summed E-state index contributed by atoms with van der Waals surface area (Å²) in [7, 11) is 0. The Morgan fingerprint density at radius 3 is 3.00 bits per heavy atom. The number of ether oxygens (including phenoxy) is 2. The highest BCUT2D eigenvalue weighted by atomic mass is 19.1. The molecule has 0 radical (unpaired) electrons. The molecule has 0 unspecified atom stereocenters. The SMILES string of the molecule is CCc1nccn1CCC(=O)N[C@@H]1COCC[C@@H]1Oc1ccc(F)cc1. The summed E-state index contributed by atoms with van der Waals surface area (Å²) < 4.78 is 26.4. The van der Waals surface area contributed by atoms with Gasteiger partial charge in [0.15, 0.2) is 0 Å². The van der Waals surface area contributed by atoms with E-state index in [4.69, 9.17) is 9.47 Å². The molecule has 0 bridgehead atoms. The average molecular weight is 361 g/mol. The largest absolute Gasteiger partial charge is 0.488 e. The molecule has 2 heterocycles. The van der Waals surface area contributed by atoms with E-state index in [9.17, 15) is 9.18 Å². The molecule has 1 amide bonds. The summed E-state index contributed by atoms with van der Waals surface area (Å²) in [6, 6.07) is 5.68. The summed E-state index contributed by atoms with van der Waals surface area (Å²) in [5, 5.41) is 3.00. The van der Waals surface area contributed by atoms with E-state index < -0.39 is 0 Å². The molecule has 2 aromatic rings. The van der Waals surface area contributed by atoms with Crippen LogP contribution in [0.1, 0.15) is 25.6 Å². The van der Waals surface area contributed by atoms with Crippen molar-refractivity contribution in [1.82, 2.24) is 14.9 Å². The highest BCUT2D eigenvalue weighted by Crippen LogP contribution is 2.19. The number of amides is 1. The first kappa shape index (κ1) is 18.4. The summed E-state index contributed by atoms with van der Waals surface area (Å²) in [5.41, 5.74) is 0. The fourth-order valence-electron chi connectivity index (χ4n) is 3.04. The second kappa shape index (κ2) is 8.80. The van der Waals surface area contributed by atoms with Crippen LogP contribution in [0.5, 0.6) is 5.75 Å². The Labute approximate surface area is 152 Å². The molecule has 0 spiro atoms. The number of aromatic nitrogens is 2. The summed E-state index contributed by atoms with van der Waals surface area (Å²) in [6.07, 6.45) is 5.30. The highest BCUT2D eigenvalue weighted by Gasteiger charge is 2.29. The van der Waals surface area contributed by atoms with Crippen molar-refractivity contribution in [3.8, 4) is 5.75 Å². The molecule has 6 nitrogen and oxygen atoms in total. The van der Waals surface area contributed by atoms with Crippen molar-refractivity contribution in [3.63, 3.8) is 0 Å². The van der Waals surface area contributed by atoms with E-state index in [1.165, 1.54) is 12.1 Å². The Morgan fingerprint density at radius 1 is 1.42 bits per heavy atom. The Morgan fingerprint density at radius 2 is 2.23 bits per heavy atom. The van der Waals surface area contributed by atoms with Crippen molar-refractivity contribution in [3.05, 3.63) is 48.3 Å². The van der Waals surface area contributed by atoms with Crippen LogP contribution in [-0.2, 0) is 22.5 Å². The quantitative estimate of drug-likeness (QED) is 0.822. The van der Waals surface area contributed by atoms with Crippen molar-refractivity contribution < 1.29 is 18.7 Å². The van der Waals surface area contributed by atoms with Crippen LogP contribution in [0.15, 0.2) is 36.7 Å². The lowest BCUT2D eigenvalue weighted by atomic mass is 10.1. The van der Waals surface area contributed by atoms with Crippen molar-refractivity contribution >= 4 is 5.91 Å². The molecule has 1 aromatic heterocycles. The van der Waals surface area contributed by atoms with E-state index in [0.717, 1.165) is 12.2 Å². The average Bonchev–Trinajstić information content (AvgIpc) is 3.11. The molecule has 26 heavy (non-hydrogen) atoms. The molecule has 140 valence electrons. The third-order valence-corrected chi connectivity index (χ3v) is 4.44. The summed E-state index contributed by atoms with van der Waals surface area (Å²) in [5.74, 6) is 1.20. The van der Waals surface area contributed by atoms with Gasteiger partial charge in [0.2, 0.25) is 5.91 Å². The Bertz CT molecular complexity index is 717. The molecule has 0 aliphatic carbocycles. The first-order valence-corrected chi connectivity index (χ1v) is 8.95. The molecule has 1 saturated heterocycles. The molecule has 1 aliphatic rings. The minimum atomic E-state index is -0.305. The van der Waals surface area contributed by atoms with Gasteiger partial charge in [-0.2, -0.15) is 0 Å². The van der Waals surface area contributed by atoms with E-state index in [1.807, 2.05) is 17.7 Å². The zero-order valence-corrected chi connectivity index (χ0v) is 14.9. The number of halogens is 1. The molecule has 1 aliphatic heterocycles. The molecular formula is C19H24FN3O3. The monoisotopic (exact) mass is 361 g/mol. The van der Waals surface area contributed by atoms with Crippen LogP contribution in [0.4, 0.5) is 4.39 Å². The topological polar surface area (TPSA) is 65.4 Å². The van der Waals surface area contributed by atoms with E-state index in [-0.39, 0.29) is 23.9 Å². The first-order chi connectivity index (χ1) is 12.7. The standard InChI is InChI=1S/C19H24FN3O3/c1-2-18-21-9-11-23(18)10-7-19(24)22-16-13-25-12-8-17(16)26-15-5-3-14(20)4-6-15/h3-6,9,11,16-17H,2,7-8,10,12-13H2,1H3,(H,22,24)/t16-,17+/m1/s1. The van der Waals surface area contributed by atoms with Gasteiger partial charge in [-0.1, -0.05) is 6.92 Å². The molecular weight excluding hydrogens is 337 g/mol. The van der Waals surface area contributed by atoms with Crippen LogP contribution in [0.2, 0.25) is 0 Å². The lowest BCUT2D eigenvalue weighted by Crippen LogP contribution is -2.51. The smallest absolute Gasteiger partial charge is 0.222 e. The van der Waals surface area contributed by atoms with Gasteiger partial charge < -0.3 is 19.4 Å². The van der Waals surface area contributed by atoms with Crippen LogP contribution < -0.4 is 10.1 Å². The minimum Gasteiger partial charge on any atom is -0.488 e. The van der Waals surface area contributed by atoms with Crippen LogP contribution >= 0.6 is 0 Å². The van der Waals surface area contributed by atoms with Crippen molar-refractivity contribution in [1.29, 1.82) is 0 Å². The van der Waals surface area contributed by atoms with Crippen LogP contribution in [0.3, 0.4) is 0 Å². The number of carbonyl (C=O) groups is 1. The van der Waals surface area contributed by atoms with Crippen molar-refractivity contribution in [2.24, 2.45) is 0 Å². The van der Waals surface area contributed by atoms with Crippen LogP contribution in [0, 0.1) is 5.82 Å². The molecule has 2 atom stereocenters. The number of hydrogen-bond donors (Lipinski definition) is 1. The van der Waals surface area contributed by atoms with Gasteiger partial charge in [-0.3, -0.25) is 4.79 Å². The maximum atomic E-state index is 13.0. The summed E-state index contributed by atoms with van der Waals surface area (Å²) in [4.78, 5) is 16.6. The second-order valence-corrected chi connectivity index (χ2v) is 6.29. The normalized spacial score (nSPS) is 19.9. The predicted molar refractivity (Wildman–Crippen MR) is 94.4 cm³/mol. The lowest BCUT2D eigenvalue weighted by molar-refractivity contribution is -0.124. The van der Waals surface area contributed by atoms with Gasteiger partial charge in [0.05, 0.1) is 19.3 Å². The Hall–Kier alpha value is -2.41. The molecule has 7 heteroatoms. The second-order valence-electron chi connectivity index (χ2n) is 6.29. The number of benzene rings is 1. The maximum absolute atomic E-state index is 13.0. The first-order valence-electron chi connectivity index (χ1n) is 8.95. The summed E-state index contributed by atoms with van der Waals surface area (Å²) >= 11 is 0. The fraction of sp³-hybridized carbons (Fsp3) is 0.474. The molecule has 3 rings (SSSR count). The molecule has 0 saturated carbocycles. The van der Waals surface area contributed by atoms with E-state index in [1.54, 1.807) is 18.3 Å². The van der Waals surface area contributed by atoms with E-state index >= 15 is 0 Å². The number of rotatable bonds is 7. The Balaban J connectivity index is 1.53. The Kier molecular flexibility index (Phi) is 6.22. The number of aryl methyl sites for hydroxylation is 2. The van der Waals surface area contributed by atoms with Crippen LogP contribution in [0.25, 0.3) is 0 Å². The third-order valence-electron chi connectivity index (χ3n) is 4.44. The molecule has 1 N–H and O–H groups in total. The predicted octanol–water partition coefficient (Wildman–Crippen LogP) is 2.33. The molecule has 1 aromatic carbocycles. The fourth-order valence-corrected chi connectivity index (χ4v) is 3.04. The number of nitrogens with zero attached hydrogens (tertiary/aromatic N) is 2. The van der Waals surface area contributed by atoms with Gasteiger partial charge in [-0.25, -0.2) is 9.37 Å². The van der Waals surface area contributed by atoms with Crippen molar-refractivity contribution in [2.45, 2.75) is 44.9 Å². The van der Waals surface area contributed by atoms with Gasteiger partial charge in [-0.05, 0) is 24.3 Å². The lowest BCUT2D eigenvalue weighted by Gasteiger charge is -2.32. The zero-order chi connectivity index (χ0) is 18.4. The molecule has 1 fully saturated rings. The minimum absolute atomic E-state index is 0.0519.